The fourth-order valence-electron chi connectivity index (χ4n) is 6.55. The standard InChI is InChI=1S/C30H30N3/c1-18-5-6-22-23-17-31-13-9-24(23)33-25-16-21(19-7-11-30(2,3)12-8-19)15-20-10-14-32(4)29(27(20)25)26(18)28(22)33/h5-6,9-10,13-17,19H,7-8,11-12H2,1-4H3/q+1. The molecule has 0 N–H and O–H groups in total. The highest BCUT2D eigenvalue weighted by atomic mass is 15.0. The Labute approximate surface area is 194 Å². The first-order valence-electron chi connectivity index (χ1n) is 12.3. The number of aromatic nitrogens is 3. The van der Waals surface area contributed by atoms with Gasteiger partial charge in [0.15, 0.2) is 6.20 Å². The van der Waals surface area contributed by atoms with Gasteiger partial charge in [-0.15, -0.1) is 0 Å². The van der Waals surface area contributed by atoms with E-state index in [9.17, 15) is 0 Å². The van der Waals surface area contributed by atoms with Crippen molar-refractivity contribution in [1.29, 1.82) is 0 Å². The predicted octanol–water partition coefficient (Wildman–Crippen LogP) is 7.20. The second-order valence-corrected chi connectivity index (χ2v) is 11.1. The van der Waals surface area contributed by atoms with Crippen molar-refractivity contribution in [1.82, 2.24) is 9.38 Å². The Hall–Kier alpha value is -3.20. The van der Waals surface area contributed by atoms with Crippen molar-refractivity contribution >= 4 is 49.0 Å². The summed E-state index contributed by atoms with van der Waals surface area (Å²) in [5.41, 5.74) is 8.57. The zero-order valence-corrected chi connectivity index (χ0v) is 19.9. The molecule has 0 unspecified atom stereocenters. The van der Waals surface area contributed by atoms with E-state index in [-0.39, 0.29) is 0 Å². The van der Waals surface area contributed by atoms with E-state index < -0.39 is 0 Å². The Bertz CT molecular complexity index is 1710. The monoisotopic (exact) mass is 432 g/mol. The molecule has 4 aromatic heterocycles. The second kappa shape index (κ2) is 6.44. The first kappa shape index (κ1) is 19.3. The van der Waals surface area contributed by atoms with Gasteiger partial charge in [0.1, 0.15) is 7.05 Å². The number of hydrogen-bond acceptors (Lipinski definition) is 1. The minimum Gasteiger partial charge on any atom is -0.307 e. The summed E-state index contributed by atoms with van der Waals surface area (Å²) >= 11 is 0. The van der Waals surface area contributed by atoms with Gasteiger partial charge in [0.25, 0.3) is 0 Å². The zero-order chi connectivity index (χ0) is 22.5. The molecule has 0 amide bonds. The summed E-state index contributed by atoms with van der Waals surface area (Å²) < 4.78 is 4.84. The minimum absolute atomic E-state index is 0.481. The lowest BCUT2D eigenvalue weighted by Gasteiger charge is -2.34. The van der Waals surface area contributed by atoms with Gasteiger partial charge in [-0.3, -0.25) is 4.98 Å². The van der Waals surface area contributed by atoms with Crippen LogP contribution in [0.2, 0.25) is 0 Å². The maximum absolute atomic E-state index is 4.48. The molecule has 7 rings (SSSR count). The van der Waals surface area contributed by atoms with Crippen LogP contribution >= 0.6 is 0 Å². The van der Waals surface area contributed by atoms with Crippen LogP contribution in [-0.2, 0) is 7.05 Å². The van der Waals surface area contributed by atoms with Crippen molar-refractivity contribution in [3.8, 4) is 0 Å². The van der Waals surface area contributed by atoms with E-state index in [1.165, 1.54) is 85.8 Å². The normalized spacial score (nSPS) is 17.3. The largest absolute Gasteiger partial charge is 0.307 e. The topological polar surface area (TPSA) is 21.2 Å². The van der Waals surface area contributed by atoms with Gasteiger partial charge in [-0.25, -0.2) is 4.57 Å². The number of hydrogen-bond donors (Lipinski definition) is 0. The highest BCUT2D eigenvalue weighted by Gasteiger charge is 2.29. The molecule has 1 fully saturated rings. The average Bonchev–Trinajstić information content (AvgIpc) is 3.14. The quantitative estimate of drug-likeness (QED) is 0.153. The summed E-state index contributed by atoms with van der Waals surface area (Å²) in [5.74, 6) is 0.647. The van der Waals surface area contributed by atoms with Crippen LogP contribution in [0.1, 0.15) is 56.6 Å². The number of benzene rings is 2. The van der Waals surface area contributed by atoms with Gasteiger partial charge in [0.2, 0.25) is 5.52 Å². The van der Waals surface area contributed by atoms with Gasteiger partial charge in [0.05, 0.1) is 27.3 Å². The van der Waals surface area contributed by atoms with Crippen LogP contribution in [0.15, 0.2) is 55.0 Å². The molecule has 0 bridgehead atoms. The number of pyridine rings is 3. The van der Waals surface area contributed by atoms with E-state index >= 15 is 0 Å². The Morgan fingerprint density at radius 1 is 0.970 bits per heavy atom. The van der Waals surface area contributed by atoms with E-state index in [1.807, 2.05) is 12.4 Å². The molecular weight excluding hydrogens is 402 g/mol. The van der Waals surface area contributed by atoms with E-state index in [0.717, 1.165) is 0 Å². The molecule has 0 aliphatic heterocycles. The maximum atomic E-state index is 4.48. The summed E-state index contributed by atoms with van der Waals surface area (Å²) in [5, 5.41) is 6.63. The third-order valence-corrected chi connectivity index (χ3v) is 8.46. The van der Waals surface area contributed by atoms with Gasteiger partial charge < -0.3 is 4.40 Å². The van der Waals surface area contributed by atoms with Crippen molar-refractivity contribution in [2.24, 2.45) is 12.5 Å². The molecule has 0 saturated heterocycles. The van der Waals surface area contributed by atoms with Crippen molar-refractivity contribution in [3.05, 3.63) is 66.1 Å². The number of nitrogens with zero attached hydrogens (tertiary/aromatic N) is 3. The summed E-state index contributed by atoms with van der Waals surface area (Å²) in [6.07, 6.45) is 11.4. The van der Waals surface area contributed by atoms with E-state index in [2.05, 4.69) is 84.4 Å². The number of aryl methyl sites for hydroxylation is 2. The van der Waals surface area contributed by atoms with Gasteiger partial charge in [-0.2, -0.15) is 0 Å². The molecule has 4 heterocycles. The summed E-state index contributed by atoms with van der Waals surface area (Å²) in [6.45, 7) is 7.10. The zero-order valence-electron chi connectivity index (χ0n) is 19.9. The third-order valence-electron chi connectivity index (χ3n) is 8.46. The Morgan fingerprint density at radius 2 is 1.79 bits per heavy atom. The molecule has 0 spiro atoms. The molecule has 1 aliphatic rings. The van der Waals surface area contributed by atoms with Crippen molar-refractivity contribution < 1.29 is 4.57 Å². The molecule has 1 saturated carbocycles. The Kier molecular flexibility index (Phi) is 3.76. The summed E-state index contributed by atoms with van der Waals surface area (Å²) in [7, 11) is 2.19. The summed E-state index contributed by atoms with van der Waals surface area (Å²) in [6, 6.07) is 14.1. The Morgan fingerprint density at radius 3 is 2.61 bits per heavy atom. The average molecular weight is 433 g/mol. The molecule has 6 aromatic rings. The smallest absolute Gasteiger partial charge is 0.224 e. The molecule has 33 heavy (non-hydrogen) atoms. The lowest BCUT2D eigenvalue weighted by Crippen LogP contribution is -2.29. The van der Waals surface area contributed by atoms with E-state index in [1.54, 1.807) is 0 Å². The number of rotatable bonds is 1. The predicted molar refractivity (Wildman–Crippen MR) is 137 cm³/mol. The molecule has 164 valence electrons. The SMILES string of the molecule is Cc1ccc2c3cnccc3n3c4cc(C5CCC(C)(C)CC5)cc5cc[n+](C)c(c1c23)c54. The fraction of sp³-hybridized carbons (Fsp3) is 0.333. The third kappa shape index (κ3) is 2.57. The first-order chi connectivity index (χ1) is 15.9. The fourth-order valence-corrected chi connectivity index (χ4v) is 6.55. The van der Waals surface area contributed by atoms with Gasteiger partial charge >= 0.3 is 0 Å². The lowest BCUT2D eigenvalue weighted by molar-refractivity contribution is -0.643. The molecule has 2 aromatic carbocycles. The van der Waals surface area contributed by atoms with Crippen LogP contribution in [0.5, 0.6) is 0 Å². The highest BCUT2D eigenvalue weighted by molar-refractivity contribution is 6.25. The minimum atomic E-state index is 0.481. The van der Waals surface area contributed by atoms with Gasteiger partial charge in [0, 0.05) is 29.2 Å². The van der Waals surface area contributed by atoms with Crippen LogP contribution in [-0.4, -0.2) is 9.38 Å². The molecule has 3 nitrogen and oxygen atoms in total. The summed E-state index contributed by atoms with van der Waals surface area (Å²) in [4.78, 5) is 4.48. The van der Waals surface area contributed by atoms with Crippen LogP contribution in [0.3, 0.4) is 0 Å². The maximum Gasteiger partial charge on any atom is 0.224 e. The molecule has 1 aliphatic carbocycles. The highest BCUT2D eigenvalue weighted by Crippen LogP contribution is 2.45. The van der Waals surface area contributed by atoms with Crippen molar-refractivity contribution in [2.45, 2.75) is 52.4 Å². The Balaban J connectivity index is 1.68. The number of fused-ring (bicyclic) bond motifs is 5. The van der Waals surface area contributed by atoms with E-state index in [0.29, 0.717) is 11.3 Å². The lowest BCUT2D eigenvalue weighted by atomic mass is 9.71. The molecule has 0 radical (unpaired) electrons. The van der Waals surface area contributed by atoms with Crippen LogP contribution in [0.4, 0.5) is 0 Å². The van der Waals surface area contributed by atoms with Crippen molar-refractivity contribution in [2.75, 3.05) is 0 Å². The second-order valence-electron chi connectivity index (χ2n) is 11.1. The molecule has 0 atom stereocenters. The first-order valence-corrected chi connectivity index (χ1v) is 12.3. The van der Waals surface area contributed by atoms with Crippen LogP contribution < -0.4 is 4.57 Å². The molecule has 3 heteroatoms. The van der Waals surface area contributed by atoms with Crippen LogP contribution in [0.25, 0.3) is 49.0 Å². The van der Waals surface area contributed by atoms with Crippen LogP contribution in [0, 0.1) is 12.3 Å². The van der Waals surface area contributed by atoms with E-state index in [4.69, 9.17) is 0 Å². The van der Waals surface area contributed by atoms with Gasteiger partial charge in [-0.05, 0) is 72.6 Å². The van der Waals surface area contributed by atoms with Crippen molar-refractivity contribution in [3.63, 3.8) is 0 Å². The van der Waals surface area contributed by atoms with Gasteiger partial charge in [-0.1, -0.05) is 32.0 Å². The molecular formula is C30H30N3+.